The van der Waals surface area contributed by atoms with Gasteiger partial charge in [-0.15, -0.1) is 11.3 Å². The van der Waals surface area contributed by atoms with Gasteiger partial charge in [0.05, 0.1) is 4.88 Å². The zero-order valence-corrected chi connectivity index (χ0v) is 17.8. The van der Waals surface area contributed by atoms with Crippen molar-refractivity contribution in [2.45, 2.75) is 20.1 Å². The average molecular weight is 425 g/mol. The first kappa shape index (κ1) is 20.6. The number of piperazine rings is 1. The summed E-state index contributed by atoms with van der Waals surface area (Å²) in [4.78, 5) is 17.7. The van der Waals surface area contributed by atoms with Crippen LogP contribution < -0.4 is 4.74 Å². The topological polar surface area (TPSA) is 32.8 Å². The number of hydrogen-bond donors (Lipinski definition) is 0. The first-order valence-electron chi connectivity index (χ1n) is 10.1. The second-order valence-corrected chi connectivity index (χ2v) is 8.50. The van der Waals surface area contributed by atoms with Gasteiger partial charge in [0.1, 0.15) is 18.2 Å². The quantitative estimate of drug-likeness (QED) is 0.573. The molecule has 0 atom stereocenters. The Morgan fingerprint density at radius 2 is 1.87 bits per heavy atom. The number of carbonyl (C=O) groups excluding carboxylic acids is 1. The number of ether oxygens (including phenoxy) is 1. The van der Waals surface area contributed by atoms with Gasteiger partial charge in [0, 0.05) is 43.9 Å². The Hall–Kier alpha value is -2.70. The minimum absolute atomic E-state index is 0.0624. The van der Waals surface area contributed by atoms with Crippen molar-refractivity contribution in [3.8, 4) is 5.75 Å². The van der Waals surface area contributed by atoms with Crippen LogP contribution in [0.5, 0.6) is 5.75 Å². The predicted octanol–water partition coefficient (Wildman–Crippen LogP) is 4.73. The molecule has 4 nitrogen and oxygen atoms in total. The van der Waals surface area contributed by atoms with E-state index in [9.17, 15) is 9.18 Å². The average Bonchev–Trinajstić information content (AvgIpc) is 3.23. The third-order valence-electron chi connectivity index (χ3n) is 5.27. The van der Waals surface area contributed by atoms with Gasteiger partial charge in [-0.25, -0.2) is 4.39 Å². The summed E-state index contributed by atoms with van der Waals surface area (Å²) in [5, 5.41) is 1.98. The highest BCUT2D eigenvalue weighted by atomic mass is 32.1. The highest BCUT2D eigenvalue weighted by Gasteiger charge is 2.23. The smallest absolute Gasteiger partial charge is 0.264 e. The summed E-state index contributed by atoms with van der Waals surface area (Å²) < 4.78 is 19.7. The molecule has 0 aliphatic carbocycles. The molecule has 4 rings (SSSR count). The second kappa shape index (κ2) is 9.41. The van der Waals surface area contributed by atoms with Gasteiger partial charge in [-0.05, 0) is 42.1 Å². The van der Waals surface area contributed by atoms with E-state index in [1.165, 1.54) is 17.4 Å². The number of carbonyl (C=O) groups is 1. The minimum Gasteiger partial charge on any atom is -0.489 e. The van der Waals surface area contributed by atoms with E-state index in [1.54, 1.807) is 6.07 Å². The summed E-state index contributed by atoms with van der Waals surface area (Å²) in [5.74, 6) is 0.724. The lowest BCUT2D eigenvalue weighted by Gasteiger charge is -2.34. The van der Waals surface area contributed by atoms with Gasteiger partial charge in [0.15, 0.2) is 0 Å². The standard InChI is InChI=1S/C24H25FN2O2S/c1-18-5-4-7-21(13-18)29-16-19-14-23(30-17-19)24(28)27-11-9-26(10-12-27)15-20-6-2-3-8-22(20)25/h2-8,13-14,17H,9-12,15-16H2,1H3. The van der Waals surface area contributed by atoms with E-state index >= 15 is 0 Å². The first-order valence-corrected chi connectivity index (χ1v) is 11.0. The molecule has 0 N–H and O–H groups in total. The molecule has 0 unspecified atom stereocenters. The van der Waals surface area contributed by atoms with Crippen molar-refractivity contribution in [1.29, 1.82) is 0 Å². The number of nitrogens with zero attached hydrogens (tertiary/aromatic N) is 2. The molecule has 1 aromatic heterocycles. The van der Waals surface area contributed by atoms with E-state index in [2.05, 4.69) is 4.90 Å². The fourth-order valence-electron chi connectivity index (χ4n) is 3.57. The van der Waals surface area contributed by atoms with E-state index in [0.717, 1.165) is 34.8 Å². The molecule has 0 radical (unpaired) electrons. The maximum atomic E-state index is 13.9. The van der Waals surface area contributed by atoms with E-state index < -0.39 is 0 Å². The summed E-state index contributed by atoms with van der Waals surface area (Å²) >= 11 is 1.46. The van der Waals surface area contributed by atoms with Crippen LogP contribution in [0, 0.1) is 12.7 Å². The molecule has 1 fully saturated rings. The highest BCUT2D eigenvalue weighted by molar-refractivity contribution is 7.12. The monoisotopic (exact) mass is 424 g/mol. The van der Waals surface area contributed by atoms with Crippen molar-refractivity contribution in [2.24, 2.45) is 0 Å². The Morgan fingerprint density at radius 3 is 2.63 bits per heavy atom. The van der Waals surface area contributed by atoms with Crippen LogP contribution in [-0.2, 0) is 13.2 Å². The SMILES string of the molecule is Cc1cccc(OCc2csc(C(=O)N3CCN(Cc4ccccc4F)CC3)c2)c1. The maximum Gasteiger partial charge on any atom is 0.264 e. The van der Waals surface area contributed by atoms with E-state index in [-0.39, 0.29) is 11.7 Å². The summed E-state index contributed by atoms with van der Waals surface area (Å²) in [6, 6.07) is 16.7. The fraction of sp³-hybridized carbons (Fsp3) is 0.292. The van der Waals surface area contributed by atoms with Gasteiger partial charge in [0.2, 0.25) is 0 Å². The Morgan fingerprint density at radius 1 is 1.07 bits per heavy atom. The summed E-state index contributed by atoms with van der Waals surface area (Å²) in [7, 11) is 0. The third kappa shape index (κ3) is 5.07. The lowest BCUT2D eigenvalue weighted by molar-refractivity contribution is 0.0631. The minimum atomic E-state index is -0.171. The molecule has 0 bridgehead atoms. The lowest BCUT2D eigenvalue weighted by Crippen LogP contribution is -2.48. The van der Waals surface area contributed by atoms with Crippen molar-refractivity contribution >= 4 is 17.2 Å². The van der Waals surface area contributed by atoms with Crippen molar-refractivity contribution in [3.63, 3.8) is 0 Å². The van der Waals surface area contributed by atoms with Gasteiger partial charge < -0.3 is 9.64 Å². The van der Waals surface area contributed by atoms with Gasteiger partial charge in [0.25, 0.3) is 5.91 Å². The normalized spacial score (nSPS) is 14.7. The van der Waals surface area contributed by atoms with E-state index in [4.69, 9.17) is 4.74 Å². The summed E-state index contributed by atoms with van der Waals surface area (Å²) in [6.07, 6.45) is 0. The van der Waals surface area contributed by atoms with Crippen LogP contribution >= 0.6 is 11.3 Å². The van der Waals surface area contributed by atoms with Gasteiger partial charge in [-0.1, -0.05) is 30.3 Å². The van der Waals surface area contributed by atoms with Crippen LogP contribution in [-0.4, -0.2) is 41.9 Å². The number of amides is 1. The molecule has 2 heterocycles. The molecule has 1 saturated heterocycles. The van der Waals surface area contributed by atoms with Crippen molar-refractivity contribution in [1.82, 2.24) is 9.80 Å². The molecule has 2 aromatic carbocycles. The number of benzene rings is 2. The molecule has 30 heavy (non-hydrogen) atoms. The summed E-state index contributed by atoms with van der Waals surface area (Å²) in [5.41, 5.74) is 2.86. The molecule has 6 heteroatoms. The highest BCUT2D eigenvalue weighted by Crippen LogP contribution is 2.21. The van der Waals surface area contributed by atoms with Crippen LogP contribution in [0.1, 0.15) is 26.4 Å². The number of aryl methyl sites for hydroxylation is 1. The van der Waals surface area contributed by atoms with Crippen molar-refractivity contribution in [3.05, 3.63) is 87.4 Å². The third-order valence-corrected chi connectivity index (χ3v) is 6.24. The van der Waals surface area contributed by atoms with Crippen molar-refractivity contribution in [2.75, 3.05) is 26.2 Å². The molecule has 1 aliphatic heterocycles. The lowest BCUT2D eigenvalue weighted by atomic mass is 10.2. The van der Waals surface area contributed by atoms with E-state index in [1.807, 2.05) is 59.7 Å². The summed E-state index contributed by atoms with van der Waals surface area (Å²) in [6.45, 7) is 5.85. The molecular formula is C24H25FN2O2S. The largest absolute Gasteiger partial charge is 0.489 e. The van der Waals surface area contributed by atoms with Crippen molar-refractivity contribution < 1.29 is 13.9 Å². The molecule has 0 saturated carbocycles. The number of hydrogen-bond acceptors (Lipinski definition) is 4. The van der Waals surface area contributed by atoms with Crippen LogP contribution in [0.2, 0.25) is 0 Å². The van der Waals surface area contributed by atoms with Crippen LogP contribution in [0.3, 0.4) is 0 Å². The van der Waals surface area contributed by atoms with Crippen LogP contribution in [0.4, 0.5) is 4.39 Å². The number of thiophene rings is 1. The molecular weight excluding hydrogens is 399 g/mol. The Balaban J connectivity index is 1.29. The van der Waals surface area contributed by atoms with Crippen LogP contribution in [0.15, 0.2) is 60.0 Å². The zero-order valence-electron chi connectivity index (χ0n) is 17.0. The first-order chi connectivity index (χ1) is 14.6. The van der Waals surface area contributed by atoms with Gasteiger partial charge in [-0.3, -0.25) is 9.69 Å². The second-order valence-electron chi connectivity index (χ2n) is 7.58. The fourth-order valence-corrected chi connectivity index (χ4v) is 4.43. The Labute approximate surface area is 180 Å². The zero-order chi connectivity index (χ0) is 20.9. The molecule has 0 spiro atoms. The number of halogens is 1. The van der Waals surface area contributed by atoms with Gasteiger partial charge >= 0.3 is 0 Å². The maximum absolute atomic E-state index is 13.9. The molecule has 1 aliphatic rings. The van der Waals surface area contributed by atoms with Crippen LogP contribution in [0.25, 0.3) is 0 Å². The molecule has 3 aromatic rings. The molecule has 156 valence electrons. The Bertz CT molecular complexity index is 1010. The van der Waals surface area contributed by atoms with E-state index in [0.29, 0.717) is 31.8 Å². The number of rotatable bonds is 6. The van der Waals surface area contributed by atoms with Gasteiger partial charge in [-0.2, -0.15) is 0 Å². The predicted molar refractivity (Wildman–Crippen MR) is 117 cm³/mol. The molecule has 1 amide bonds. The Kier molecular flexibility index (Phi) is 6.45.